The van der Waals surface area contributed by atoms with Crippen LogP contribution in [0.5, 0.6) is 0 Å². The standard InChI is InChI=1S/C18H16ClN5/c19-13-4-5-15-14(10-13)12(11-20)9-17(23-15)24-8-2-1-3-16(24)18-21-6-7-22-18/h4-7,9-10,16H,1-3,8H2,(H,21,22). The molecule has 1 aliphatic heterocycles. The van der Waals surface area contributed by atoms with Crippen LogP contribution in [0.25, 0.3) is 10.9 Å². The van der Waals surface area contributed by atoms with Crippen LogP contribution in [0.15, 0.2) is 36.7 Å². The molecule has 1 N–H and O–H groups in total. The van der Waals surface area contributed by atoms with Gasteiger partial charge >= 0.3 is 0 Å². The largest absolute Gasteiger partial charge is 0.347 e. The number of hydrogen-bond donors (Lipinski definition) is 1. The molecule has 0 saturated carbocycles. The van der Waals surface area contributed by atoms with E-state index in [9.17, 15) is 5.26 Å². The van der Waals surface area contributed by atoms with Crippen molar-refractivity contribution in [2.75, 3.05) is 11.4 Å². The number of aromatic nitrogens is 3. The van der Waals surface area contributed by atoms with Crippen molar-refractivity contribution in [3.8, 4) is 6.07 Å². The minimum Gasteiger partial charge on any atom is -0.347 e. The molecule has 1 atom stereocenters. The Morgan fingerprint density at radius 2 is 2.21 bits per heavy atom. The molecule has 1 unspecified atom stereocenters. The summed E-state index contributed by atoms with van der Waals surface area (Å²) in [5.74, 6) is 1.77. The Kier molecular flexibility index (Phi) is 3.83. The molecule has 5 nitrogen and oxygen atoms in total. The van der Waals surface area contributed by atoms with E-state index in [0.717, 1.165) is 48.4 Å². The molecule has 1 aromatic carbocycles. The van der Waals surface area contributed by atoms with Crippen molar-refractivity contribution in [3.63, 3.8) is 0 Å². The summed E-state index contributed by atoms with van der Waals surface area (Å²) in [7, 11) is 0. The lowest BCUT2D eigenvalue weighted by Gasteiger charge is -2.35. The number of imidazole rings is 1. The zero-order chi connectivity index (χ0) is 16.5. The van der Waals surface area contributed by atoms with Gasteiger partial charge in [0.05, 0.1) is 23.2 Å². The first-order valence-corrected chi connectivity index (χ1v) is 8.40. The summed E-state index contributed by atoms with van der Waals surface area (Å²) in [5.41, 5.74) is 1.39. The maximum absolute atomic E-state index is 9.54. The van der Waals surface area contributed by atoms with E-state index in [-0.39, 0.29) is 6.04 Å². The number of pyridine rings is 1. The minimum absolute atomic E-state index is 0.164. The van der Waals surface area contributed by atoms with Crippen molar-refractivity contribution in [1.29, 1.82) is 5.26 Å². The van der Waals surface area contributed by atoms with Crippen molar-refractivity contribution in [2.45, 2.75) is 25.3 Å². The molecule has 2 aromatic heterocycles. The number of fused-ring (bicyclic) bond motifs is 1. The predicted molar refractivity (Wildman–Crippen MR) is 94.0 cm³/mol. The van der Waals surface area contributed by atoms with E-state index in [1.807, 2.05) is 24.4 Å². The van der Waals surface area contributed by atoms with E-state index in [1.54, 1.807) is 12.3 Å². The van der Waals surface area contributed by atoms with Crippen molar-refractivity contribution in [2.24, 2.45) is 0 Å². The number of rotatable bonds is 2. The Bertz CT molecular complexity index is 913. The van der Waals surface area contributed by atoms with Gasteiger partial charge in [0.1, 0.15) is 11.6 Å². The number of aromatic amines is 1. The van der Waals surface area contributed by atoms with Gasteiger partial charge in [-0.3, -0.25) is 0 Å². The molecule has 1 saturated heterocycles. The molecule has 3 aromatic rings. The Morgan fingerprint density at radius 1 is 1.29 bits per heavy atom. The quantitative estimate of drug-likeness (QED) is 0.760. The molecule has 24 heavy (non-hydrogen) atoms. The number of piperidine rings is 1. The molecule has 0 bridgehead atoms. The maximum atomic E-state index is 9.54. The molecule has 0 aliphatic carbocycles. The van der Waals surface area contributed by atoms with Crippen LogP contribution in [-0.4, -0.2) is 21.5 Å². The molecular weight excluding hydrogens is 322 g/mol. The zero-order valence-corrected chi connectivity index (χ0v) is 13.8. The number of benzene rings is 1. The van der Waals surface area contributed by atoms with E-state index in [0.29, 0.717) is 10.6 Å². The highest BCUT2D eigenvalue weighted by atomic mass is 35.5. The second-order valence-electron chi connectivity index (χ2n) is 5.98. The predicted octanol–water partition coefficient (Wildman–Crippen LogP) is 4.21. The summed E-state index contributed by atoms with van der Waals surface area (Å²) in [5, 5.41) is 10.9. The van der Waals surface area contributed by atoms with Gasteiger partial charge in [-0.25, -0.2) is 9.97 Å². The molecule has 1 fully saturated rings. The number of halogens is 1. The Morgan fingerprint density at radius 3 is 3.00 bits per heavy atom. The van der Waals surface area contributed by atoms with Crippen molar-refractivity contribution < 1.29 is 0 Å². The molecule has 4 rings (SSSR count). The van der Waals surface area contributed by atoms with E-state index in [1.165, 1.54) is 0 Å². The summed E-state index contributed by atoms with van der Waals surface area (Å²) in [4.78, 5) is 14.7. The topological polar surface area (TPSA) is 68.6 Å². The summed E-state index contributed by atoms with van der Waals surface area (Å²) < 4.78 is 0. The highest BCUT2D eigenvalue weighted by Gasteiger charge is 2.27. The van der Waals surface area contributed by atoms with Gasteiger partial charge in [0.15, 0.2) is 0 Å². The lowest BCUT2D eigenvalue weighted by atomic mass is 10.0. The van der Waals surface area contributed by atoms with Gasteiger partial charge < -0.3 is 9.88 Å². The second-order valence-corrected chi connectivity index (χ2v) is 6.42. The lowest BCUT2D eigenvalue weighted by molar-refractivity contribution is 0.456. The fraction of sp³-hybridized carbons (Fsp3) is 0.278. The van der Waals surface area contributed by atoms with Gasteiger partial charge in [-0.2, -0.15) is 5.26 Å². The highest BCUT2D eigenvalue weighted by Crippen LogP contribution is 2.34. The van der Waals surface area contributed by atoms with Crippen LogP contribution in [0, 0.1) is 11.3 Å². The Hall–Kier alpha value is -2.58. The van der Waals surface area contributed by atoms with E-state index in [4.69, 9.17) is 16.6 Å². The maximum Gasteiger partial charge on any atom is 0.131 e. The van der Waals surface area contributed by atoms with Crippen LogP contribution >= 0.6 is 11.6 Å². The van der Waals surface area contributed by atoms with Crippen LogP contribution in [-0.2, 0) is 0 Å². The fourth-order valence-electron chi connectivity index (χ4n) is 3.37. The van der Waals surface area contributed by atoms with Crippen LogP contribution in [0.1, 0.15) is 36.7 Å². The van der Waals surface area contributed by atoms with Gasteiger partial charge in [-0.15, -0.1) is 0 Å². The number of nitrogens with zero attached hydrogens (tertiary/aromatic N) is 4. The molecule has 3 heterocycles. The molecule has 0 spiro atoms. The first-order chi connectivity index (χ1) is 11.8. The molecule has 6 heteroatoms. The van der Waals surface area contributed by atoms with Crippen molar-refractivity contribution in [3.05, 3.63) is 53.1 Å². The molecule has 120 valence electrons. The van der Waals surface area contributed by atoms with Crippen LogP contribution < -0.4 is 4.90 Å². The average Bonchev–Trinajstić information content (AvgIpc) is 3.15. The number of H-pyrrole nitrogens is 1. The number of anilines is 1. The van der Waals surface area contributed by atoms with Gasteiger partial charge in [0, 0.05) is 29.3 Å². The number of hydrogen-bond acceptors (Lipinski definition) is 4. The van der Waals surface area contributed by atoms with Gasteiger partial charge in [0.2, 0.25) is 0 Å². The first kappa shape index (κ1) is 15.0. The molecule has 0 amide bonds. The normalized spacial score (nSPS) is 17.8. The minimum atomic E-state index is 0.164. The van der Waals surface area contributed by atoms with Crippen LogP contribution in [0.3, 0.4) is 0 Å². The average molecular weight is 338 g/mol. The fourth-order valence-corrected chi connectivity index (χ4v) is 3.55. The Balaban J connectivity index is 1.82. The van der Waals surface area contributed by atoms with Crippen molar-refractivity contribution in [1.82, 2.24) is 15.0 Å². The van der Waals surface area contributed by atoms with Gasteiger partial charge in [-0.1, -0.05) is 11.6 Å². The molecule has 0 radical (unpaired) electrons. The molecule has 1 aliphatic rings. The number of nitrogens with one attached hydrogen (secondary N) is 1. The van der Waals surface area contributed by atoms with Gasteiger partial charge in [0.25, 0.3) is 0 Å². The smallest absolute Gasteiger partial charge is 0.131 e. The summed E-state index contributed by atoms with van der Waals surface area (Å²) >= 11 is 6.07. The van der Waals surface area contributed by atoms with E-state index in [2.05, 4.69) is 20.9 Å². The highest BCUT2D eigenvalue weighted by molar-refractivity contribution is 6.31. The lowest BCUT2D eigenvalue weighted by Crippen LogP contribution is -2.34. The molecular formula is C18H16ClN5. The second kappa shape index (κ2) is 6.14. The summed E-state index contributed by atoms with van der Waals surface area (Å²) in [6.45, 7) is 0.905. The first-order valence-electron chi connectivity index (χ1n) is 8.02. The van der Waals surface area contributed by atoms with E-state index < -0.39 is 0 Å². The zero-order valence-electron chi connectivity index (χ0n) is 13.0. The van der Waals surface area contributed by atoms with Crippen LogP contribution in [0.2, 0.25) is 5.02 Å². The van der Waals surface area contributed by atoms with Crippen LogP contribution in [0.4, 0.5) is 5.82 Å². The third-order valence-corrected chi connectivity index (χ3v) is 4.74. The van der Waals surface area contributed by atoms with E-state index >= 15 is 0 Å². The summed E-state index contributed by atoms with van der Waals surface area (Å²) in [6.07, 6.45) is 6.92. The third kappa shape index (κ3) is 2.59. The summed E-state index contributed by atoms with van der Waals surface area (Å²) in [6, 6.07) is 9.78. The monoisotopic (exact) mass is 337 g/mol. The van der Waals surface area contributed by atoms with Gasteiger partial charge in [-0.05, 0) is 43.5 Å². The SMILES string of the molecule is N#Cc1cc(N2CCCCC2c2ncc[nH]2)nc2ccc(Cl)cc12. The number of nitriles is 1. The third-order valence-electron chi connectivity index (χ3n) is 4.51. The Labute approximate surface area is 144 Å². The van der Waals surface area contributed by atoms with Crippen molar-refractivity contribution >= 4 is 28.3 Å².